The third kappa shape index (κ3) is 4.02. The van der Waals surface area contributed by atoms with Gasteiger partial charge in [-0.25, -0.2) is 8.42 Å². The topological polar surface area (TPSA) is 92.8 Å². The van der Waals surface area contributed by atoms with Crippen molar-refractivity contribution < 1.29 is 22.7 Å². The zero-order valence-corrected chi connectivity index (χ0v) is 19.7. The first kappa shape index (κ1) is 22.8. The number of nitrogens with one attached hydrogen (secondary N) is 1. The molecule has 1 saturated heterocycles. The van der Waals surface area contributed by atoms with Gasteiger partial charge in [-0.05, 0) is 48.1 Å². The number of hydrogen-bond acceptors (Lipinski definition) is 5. The summed E-state index contributed by atoms with van der Waals surface area (Å²) in [5.74, 6) is -1.04. The molecule has 4 rings (SSSR count). The van der Waals surface area contributed by atoms with Crippen LogP contribution in [-0.2, 0) is 20.2 Å². The van der Waals surface area contributed by atoms with Gasteiger partial charge >= 0.3 is 0 Å². The van der Waals surface area contributed by atoms with Gasteiger partial charge in [0.15, 0.2) is 0 Å². The molecule has 0 saturated carbocycles. The fraction of sp³-hybridized carbons (Fsp3) is 0.391. The van der Waals surface area contributed by atoms with Crippen molar-refractivity contribution in [3.8, 4) is 0 Å². The highest BCUT2D eigenvalue weighted by Gasteiger charge is 2.43. The quantitative estimate of drug-likeness (QED) is 0.667. The van der Waals surface area contributed by atoms with E-state index in [0.717, 1.165) is 5.56 Å². The third-order valence-corrected chi connectivity index (χ3v) is 7.55. The van der Waals surface area contributed by atoms with Crippen LogP contribution in [0.3, 0.4) is 0 Å². The smallest absolute Gasteiger partial charge is 0.264 e. The van der Waals surface area contributed by atoms with E-state index in [1.54, 1.807) is 12.1 Å². The van der Waals surface area contributed by atoms with Crippen molar-refractivity contribution in [3.63, 3.8) is 0 Å². The summed E-state index contributed by atoms with van der Waals surface area (Å²) in [4.78, 5) is 27.5. The number of fused-ring (bicyclic) bond motifs is 1. The Bertz CT molecular complexity index is 1180. The monoisotopic (exact) mass is 476 g/mol. The Balaban J connectivity index is 1.68. The van der Waals surface area contributed by atoms with Gasteiger partial charge in [0.2, 0.25) is 0 Å². The van der Waals surface area contributed by atoms with Crippen LogP contribution in [0.2, 0.25) is 5.02 Å². The van der Waals surface area contributed by atoms with Crippen LogP contribution in [0.5, 0.6) is 0 Å². The first-order valence-electron chi connectivity index (χ1n) is 10.4. The number of sulfonamides is 1. The summed E-state index contributed by atoms with van der Waals surface area (Å²) < 4.78 is 33.9. The summed E-state index contributed by atoms with van der Waals surface area (Å²) in [6, 6.07) is 9.13. The SMILES string of the molecule is CC(C)(C)c1ccc(S(=O)(=O)Nc2ccc(Cl)c3c2C(=O)N(C2CCOCC2)C3=O)cc1. The molecule has 0 aromatic heterocycles. The molecule has 2 amide bonds. The maximum atomic E-state index is 13.2. The average Bonchev–Trinajstić information content (AvgIpc) is 3.01. The van der Waals surface area contributed by atoms with Gasteiger partial charge in [-0.3, -0.25) is 19.2 Å². The second kappa shape index (κ2) is 8.17. The fourth-order valence-electron chi connectivity index (χ4n) is 4.04. The summed E-state index contributed by atoms with van der Waals surface area (Å²) in [6.45, 7) is 7.03. The van der Waals surface area contributed by atoms with Gasteiger partial charge in [0.05, 0.1) is 26.7 Å². The Labute approximate surface area is 192 Å². The molecule has 0 bridgehead atoms. The molecule has 7 nitrogen and oxygen atoms in total. The summed E-state index contributed by atoms with van der Waals surface area (Å²) in [6.07, 6.45) is 1.06. The summed E-state index contributed by atoms with van der Waals surface area (Å²) >= 11 is 6.25. The van der Waals surface area contributed by atoms with Crippen LogP contribution in [-0.4, -0.2) is 44.4 Å². The van der Waals surface area contributed by atoms with Crippen LogP contribution in [0.1, 0.15) is 59.9 Å². The number of ether oxygens (including phenoxy) is 1. The number of halogens is 1. The van der Waals surface area contributed by atoms with Gasteiger partial charge in [-0.1, -0.05) is 44.5 Å². The molecule has 2 aromatic rings. The molecule has 170 valence electrons. The summed E-state index contributed by atoms with van der Waals surface area (Å²) in [5.41, 5.74) is 0.942. The number of nitrogens with zero attached hydrogens (tertiary/aromatic N) is 1. The van der Waals surface area contributed by atoms with E-state index in [-0.39, 0.29) is 38.2 Å². The average molecular weight is 477 g/mol. The third-order valence-electron chi connectivity index (χ3n) is 5.85. The van der Waals surface area contributed by atoms with E-state index in [1.807, 2.05) is 20.8 Å². The van der Waals surface area contributed by atoms with Crippen LogP contribution in [0.25, 0.3) is 0 Å². The lowest BCUT2D eigenvalue weighted by Crippen LogP contribution is -2.43. The van der Waals surface area contributed by atoms with Crippen molar-refractivity contribution in [1.29, 1.82) is 0 Å². The van der Waals surface area contributed by atoms with Crippen molar-refractivity contribution in [2.75, 3.05) is 17.9 Å². The lowest BCUT2D eigenvalue weighted by molar-refractivity contribution is 0.0295. The van der Waals surface area contributed by atoms with Gasteiger partial charge in [-0.2, -0.15) is 0 Å². The summed E-state index contributed by atoms with van der Waals surface area (Å²) in [7, 11) is -3.99. The largest absolute Gasteiger partial charge is 0.381 e. The van der Waals surface area contributed by atoms with Crippen LogP contribution >= 0.6 is 11.6 Å². The number of hydrogen-bond donors (Lipinski definition) is 1. The number of amides is 2. The Morgan fingerprint density at radius 2 is 1.56 bits per heavy atom. The van der Waals surface area contributed by atoms with Gasteiger partial charge < -0.3 is 4.74 Å². The Hall–Kier alpha value is -2.42. The molecule has 0 atom stereocenters. The predicted octanol–water partition coefficient (Wildman–Crippen LogP) is 4.21. The normalized spacial score (nSPS) is 17.6. The van der Waals surface area contributed by atoms with Crippen LogP contribution in [0, 0.1) is 0 Å². The Morgan fingerprint density at radius 3 is 2.16 bits per heavy atom. The van der Waals surface area contributed by atoms with E-state index in [4.69, 9.17) is 16.3 Å². The molecule has 2 aliphatic rings. The molecular weight excluding hydrogens is 452 g/mol. The number of benzene rings is 2. The molecule has 2 aliphatic heterocycles. The molecular formula is C23H25ClN2O5S. The van der Waals surface area contributed by atoms with Gasteiger partial charge in [0, 0.05) is 19.3 Å². The van der Waals surface area contributed by atoms with E-state index in [1.165, 1.54) is 29.2 Å². The van der Waals surface area contributed by atoms with Gasteiger partial charge in [-0.15, -0.1) is 0 Å². The van der Waals surface area contributed by atoms with E-state index < -0.39 is 21.8 Å². The maximum Gasteiger partial charge on any atom is 0.264 e. The molecule has 32 heavy (non-hydrogen) atoms. The second-order valence-corrected chi connectivity index (χ2v) is 11.1. The molecule has 2 aromatic carbocycles. The molecule has 0 unspecified atom stereocenters. The van der Waals surface area contributed by atoms with Crippen molar-refractivity contribution in [3.05, 3.63) is 58.1 Å². The number of carbonyl (C=O) groups excluding carboxylic acids is 2. The lowest BCUT2D eigenvalue weighted by Gasteiger charge is -2.29. The zero-order chi connectivity index (χ0) is 23.3. The highest BCUT2D eigenvalue weighted by Crippen LogP contribution is 2.37. The van der Waals surface area contributed by atoms with E-state index in [9.17, 15) is 18.0 Å². The zero-order valence-electron chi connectivity index (χ0n) is 18.1. The first-order valence-corrected chi connectivity index (χ1v) is 12.3. The standard InChI is InChI=1S/C23H25ClN2O5S/c1-23(2,3)14-4-6-16(7-5-14)32(29,30)25-18-9-8-17(24)19-20(18)22(28)26(21(19)27)15-10-12-31-13-11-15/h4-9,15,25H,10-13H2,1-3H3. The van der Waals surface area contributed by atoms with Crippen molar-refractivity contribution in [1.82, 2.24) is 4.90 Å². The van der Waals surface area contributed by atoms with Crippen LogP contribution < -0.4 is 4.72 Å². The maximum absolute atomic E-state index is 13.2. The lowest BCUT2D eigenvalue weighted by atomic mass is 9.87. The molecule has 2 heterocycles. The molecule has 1 N–H and O–H groups in total. The van der Waals surface area contributed by atoms with Crippen LogP contribution in [0.4, 0.5) is 5.69 Å². The highest BCUT2D eigenvalue weighted by molar-refractivity contribution is 7.92. The molecule has 0 radical (unpaired) electrons. The predicted molar refractivity (Wildman–Crippen MR) is 122 cm³/mol. The van der Waals surface area contributed by atoms with Gasteiger partial charge in [0.1, 0.15) is 0 Å². The van der Waals surface area contributed by atoms with Gasteiger partial charge in [0.25, 0.3) is 21.8 Å². The summed E-state index contributed by atoms with van der Waals surface area (Å²) in [5, 5.41) is 0.116. The second-order valence-electron chi connectivity index (χ2n) is 9.05. The first-order chi connectivity index (χ1) is 15.0. The van der Waals surface area contributed by atoms with Crippen molar-refractivity contribution >= 4 is 39.1 Å². The van der Waals surface area contributed by atoms with Crippen LogP contribution in [0.15, 0.2) is 41.3 Å². The van der Waals surface area contributed by atoms with Crippen molar-refractivity contribution in [2.24, 2.45) is 0 Å². The van der Waals surface area contributed by atoms with E-state index in [0.29, 0.717) is 26.1 Å². The minimum atomic E-state index is -3.99. The minimum absolute atomic E-state index is 0.0103. The Morgan fingerprint density at radius 1 is 0.969 bits per heavy atom. The molecule has 0 spiro atoms. The fourth-order valence-corrected chi connectivity index (χ4v) is 5.35. The molecule has 0 aliphatic carbocycles. The number of carbonyl (C=O) groups is 2. The van der Waals surface area contributed by atoms with Crippen molar-refractivity contribution in [2.45, 2.75) is 50.0 Å². The Kier molecular flexibility index (Phi) is 5.81. The number of imide groups is 1. The van der Waals surface area contributed by atoms with E-state index >= 15 is 0 Å². The number of anilines is 1. The number of rotatable bonds is 4. The molecule has 9 heteroatoms. The molecule has 1 fully saturated rings. The minimum Gasteiger partial charge on any atom is -0.381 e. The van der Waals surface area contributed by atoms with E-state index in [2.05, 4.69) is 4.72 Å². The highest BCUT2D eigenvalue weighted by atomic mass is 35.5.